The molecule has 2 aromatic rings. The third-order valence-corrected chi connectivity index (χ3v) is 3.46. The van der Waals surface area contributed by atoms with Gasteiger partial charge in [0, 0.05) is 10.3 Å². The molecule has 0 bridgehead atoms. The van der Waals surface area contributed by atoms with E-state index in [1.165, 1.54) is 0 Å². The minimum atomic E-state index is -0.0157. The predicted octanol–water partition coefficient (Wildman–Crippen LogP) is 2.51. The molecule has 3 heteroatoms. The van der Waals surface area contributed by atoms with Crippen LogP contribution in [0.25, 0.3) is 10.1 Å². The molecule has 2 rings (SSSR count). The highest BCUT2D eigenvalue weighted by Gasteiger charge is 2.06. The number of aliphatic hydroxyl groups is 1. The van der Waals surface area contributed by atoms with Crippen LogP contribution in [-0.2, 0) is 6.61 Å². The summed E-state index contributed by atoms with van der Waals surface area (Å²) in [4.78, 5) is 10.7. The Morgan fingerprint density at radius 3 is 2.93 bits per heavy atom. The molecule has 0 spiro atoms. The van der Waals surface area contributed by atoms with Gasteiger partial charge in [0.25, 0.3) is 0 Å². The molecule has 0 amide bonds. The summed E-state index contributed by atoms with van der Waals surface area (Å²) >= 11 is 1.61. The van der Waals surface area contributed by atoms with Crippen LogP contribution >= 0.6 is 11.3 Å². The van der Waals surface area contributed by atoms with Crippen LogP contribution in [0.4, 0.5) is 0 Å². The number of thiophene rings is 1. The number of aryl methyl sites for hydroxylation is 1. The quantitative estimate of drug-likeness (QED) is 0.766. The summed E-state index contributed by atoms with van der Waals surface area (Å²) in [6.07, 6.45) is 0.815. The number of hydrogen-bond acceptors (Lipinski definition) is 3. The summed E-state index contributed by atoms with van der Waals surface area (Å²) in [5.41, 5.74) is 2.62. The molecule has 1 N–H and O–H groups in total. The van der Waals surface area contributed by atoms with Gasteiger partial charge in [-0.2, -0.15) is 0 Å². The largest absolute Gasteiger partial charge is 0.392 e. The second kappa shape index (κ2) is 3.52. The molecule has 14 heavy (non-hydrogen) atoms. The third kappa shape index (κ3) is 1.35. The first-order chi connectivity index (χ1) is 6.76. The molecule has 0 unspecified atom stereocenters. The van der Waals surface area contributed by atoms with Crippen molar-refractivity contribution in [2.75, 3.05) is 0 Å². The number of hydrogen-bond donors (Lipinski definition) is 1. The maximum atomic E-state index is 10.7. The van der Waals surface area contributed by atoms with Crippen molar-refractivity contribution in [3.63, 3.8) is 0 Å². The molecule has 0 saturated heterocycles. The highest BCUT2D eigenvalue weighted by atomic mass is 32.1. The van der Waals surface area contributed by atoms with Crippen LogP contribution in [0.15, 0.2) is 17.5 Å². The fraction of sp³-hybridized carbons (Fsp3) is 0.182. The van der Waals surface area contributed by atoms with Gasteiger partial charge in [0.2, 0.25) is 0 Å². The predicted molar refractivity (Wildman–Crippen MR) is 57.9 cm³/mol. The second-order valence-electron chi connectivity index (χ2n) is 3.25. The fourth-order valence-corrected chi connectivity index (χ4v) is 2.59. The summed E-state index contributed by atoms with van der Waals surface area (Å²) in [5.74, 6) is 0. The van der Waals surface area contributed by atoms with Gasteiger partial charge >= 0.3 is 0 Å². The molecule has 0 aliphatic heterocycles. The van der Waals surface area contributed by atoms with Crippen LogP contribution in [0.2, 0.25) is 0 Å². The zero-order chi connectivity index (χ0) is 10.1. The molecule has 0 fully saturated rings. The molecule has 0 atom stereocenters. The third-order valence-electron chi connectivity index (χ3n) is 2.27. The number of aliphatic hydroxyl groups excluding tert-OH is 1. The lowest BCUT2D eigenvalue weighted by Crippen LogP contribution is -1.87. The van der Waals surface area contributed by atoms with Crippen molar-refractivity contribution < 1.29 is 9.90 Å². The standard InChI is InChI=1S/C11H10O2S/c1-7-6-14-11-9(5-13)2-8(4-12)3-10(7)11/h2-4,6,13H,5H2,1H3. The highest BCUT2D eigenvalue weighted by Crippen LogP contribution is 2.29. The Labute approximate surface area is 85.8 Å². The summed E-state index contributed by atoms with van der Waals surface area (Å²) in [6.45, 7) is 1.99. The minimum absolute atomic E-state index is 0.0157. The molecular weight excluding hydrogens is 196 g/mol. The van der Waals surface area contributed by atoms with E-state index in [1.54, 1.807) is 17.4 Å². The Morgan fingerprint density at radius 2 is 2.29 bits per heavy atom. The van der Waals surface area contributed by atoms with Gasteiger partial charge in [-0.05, 0) is 40.9 Å². The molecule has 2 nitrogen and oxygen atoms in total. The number of carbonyl (C=O) groups excluding carboxylic acids is 1. The Bertz CT molecular complexity index is 485. The number of aldehydes is 1. The molecule has 0 aliphatic rings. The average molecular weight is 206 g/mol. The SMILES string of the molecule is Cc1csc2c(CO)cc(C=O)cc12. The Morgan fingerprint density at radius 1 is 1.50 bits per heavy atom. The van der Waals surface area contributed by atoms with Gasteiger partial charge in [-0.25, -0.2) is 0 Å². The van der Waals surface area contributed by atoms with Crippen molar-refractivity contribution in [3.05, 3.63) is 34.2 Å². The maximum Gasteiger partial charge on any atom is 0.150 e. The fourth-order valence-electron chi connectivity index (χ4n) is 1.54. The molecule has 1 aromatic heterocycles. The van der Waals surface area contributed by atoms with Crippen LogP contribution in [0.3, 0.4) is 0 Å². The number of fused-ring (bicyclic) bond motifs is 1. The lowest BCUT2D eigenvalue weighted by atomic mass is 10.1. The van der Waals surface area contributed by atoms with Crippen LogP contribution < -0.4 is 0 Å². The van der Waals surface area contributed by atoms with Gasteiger partial charge in [-0.1, -0.05) is 0 Å². The molecule has 1 heterocycles. The van der Waals surface area contributed by atoms with Gasteiger partial charge in [0.05, 0.1) is 6.61 Å². The van der Waals surface area contributed by atoms with E-state index < -0.39 is 0 Å². The molecule has 0 saturated carbocycles. The maximum absolute atomic E-state index is 10.7. The van der Waals surface area contributed by atoms with Gasteiger partial charge in [-0.3, -0.25) is 4.79 Å². The van der Waals surface area contributed by atoms with E-state index in [2.05, 4.69) is 0 Å². The molecule has 72 valence electrons. The van der Waals surface area contributed by atoms with Crippen molar-refractivity contribution in [2.45, 2.75) is 13.5 Å². The second-order valence-corrected chi connectivity index (χ2v) is 4.13. The Balaban J connectivity index is 2.82. The van der Waals surface area contributed by atoms with Crippen molar-refractivity contribution >= 4 is 27.7 Å². The van der Waals surface area contributed by atoms with Crippen LogP contribution in [-0.4, -0.2) is 11.4 Å². The van der Waals surface area contributed by atoms with E-state index >= 15 is 0 Å². The molecule has 0 aliphatic carbocycles. The van der Waals surface area contributed by atoms with Crippen LogP contribution in [0.1, 0.15) is 21.5 Å². The van der Waals surface area contributed by atoms with Crippen molar-refractivity contribution in [1.82, 2.24) is 0 Å². The normalized spacial score (nSPS) is 10.7. The number of carbonyl (C=O) groups is 1. The number of benzene rings is 1. The lowest BCUT2D eigenvalue weighted by molar-refractivity contribution is 0.112. The smallest absolute Gasteiger partial charge is 0.150 e. The van der Waals surface area contributed by atoms with E-state index in [0.29, 0.717) is 5.56 Å². The lowest BCUT2D eigenvalue weighted by Gasteiger charge is -2.00. The Hall–Kier alpha value is -1.19. The first kappa shape index (κ1) is 9.37. The average Bonchev–Trinajstić information content (AvgIpc) is 2.59. The van der Waals surface area contributed by atoms with Gasteiger partial charge in [0.15, 0.2) is 0 Å². The van der Waals surface area contributed by atoms with Crippen molar-refractivity contribution in [3.8, 4) is 0 Å². The van der Waals surface area contributed by atoms with Gasteiger partial charge < -0.3 is 5.11 Å². The summed E-state index contributed by atoms with van der Waals surface area (Å²) in [5, 5.41) is 12.3. The minimum Gasteiger partial charge on any atom is -0.392 e. The van der Waals surface area contributed by atoms with Crippen LogP contribution in [0.5, 0.6) is 0 Å². The molecule has 0 radical (unpaired) electrons. The van der Waals surface area contributed by atoms with E-state index in [1.807, 2.05) is 18.4 Å². The Kier molecular flexibility index (Phi) is 2.35. The van der Waals surface area contributed by atoms with Gasteiger partial charge in [-0.15, -0.1) is 11.3 Å². The first-order valence-electron chi connectivity index (χ1n) is 4.33. The monoisotopic (exact) mass is 206 g/mol. The topological polar surface area (TPSA) is 37.3 Å². The van der Waals surface area contributed by atoms with Crippen molar-refractivity contribution in [2.24, 2.45) is 0 Å². The molecular formula is C11H10O2S. The zero-order valence-corrected chi connectivity index (χ0v) is 8.60. The highest BCUT2D eigenvalue weighted by molar-refractivity contribution is 7.17. The summed E-state index contributed by atoms with van der Waals surface area (Å²) in [6, 6.07) is 3.61. The van der Waals surface area contributed by atoms with Gasteiger partial charge in [0.1, 0.15) is 6.29 Å². The zero-order valence-electron chi connectivity index (χ0n) is 7.78. The van der Waals surface area contributed by atoms with E-state index in [-0.39, 0.29) is 6.61 Å². The van der Waals surface area contributed by atoms with Crippen molar-refractivity contribution in [1.29, 1.82) is 0 Å². The van der Waals surface area contributed by atoms with E-state index in [4.69, 9.17) is 5.11 Å². The molecule has 1 aromatic carbocycles. The summed E-state index contributed by atoms with van der Waals surface area (Å²) in [7, 11) is 0. The van der Waals surface area contributed by atoms with E-state index in [0.717, 1.165) is 27.5 Å². The number of rotatable bonds is 2. The first-order valence-corrected chi connectivity index (χ1v) is 5.21. The van der Waals surface area contributed by atoms with Crippen LogP contribution in [0, 0.1) is 6.92 Å². The van der Waals surface area contributed by atoms with E-state index in [9.17, 15) is 4.79 Å². The summed E-state index contributed by atoms with van der Waals surface area (Å²) < 4.78 is 1.08.